The Kier molecular flexibility index (Phi) is 2.95. The molecule has 2 heterocycles. The van der Waals surface area contributed by atoms with Crippen molar-refractivity contribution in [3.05, 3.63) is 59.9 Å². The van der Waals surface area contributed by atoms with Gasteiger partial charge < -0.3 is 5.32 Å². The molecule has 1 aromatic carbocycles. The van der Waals surface area contributed by atoms with Crippen molar-refractivity contribution in [2.45, 2.75) is 20.3 Å². The summed E-state index contributed by atoms with van der Waals surface area (Å²) in [6.07, 6.45) is 2.95. The molecule has 0 atom stereocenters. The fourth-order valence-corrected chi connectivity index (χ4v) is 2.20. The summed E-state index contributed by atoms with van der Waals surface area (Å²) in [4.78, 5) is 4.65. The molecule has 3 nitrogen and oxygen atoms in total. The average molecular weight is 251 g/mol. The summed E-state index contributed by atoms with van der Waals surface area (Å²) in [5.74, 6) is 1.06. The first kappa shape index (κ1) is 11.8. The van der Waals surface area contributed by atoms with Gasteiger partial charge in [0, 0.05) is 11.9 Å². The monoisotopic (exact) mass is 251 g/mol. The highest BCUT2D eigenvalue weighted by molar-refractivity contribution is 5.63. The average Bonchev–Trinajstić information content (AvgIpc) is 2.79. The van der Waals surface area contributed by atoms with E-state index in [0.717, 1.165) is 29.3 Å². The molecule has 0 aliphatic rings. The van der Waals surface area contributed by atoms with Gasteiger partial charge in [-0.3, -0.25) is 4.40 Å². The van der Waals surface area contributed by atoms with E-state index < -0.39 is 0 Å². The Balaban J connectivity index is 2.06. The van der Waals surface area contributed by atoms with E-state index >= 15 is 0 Å². The molecule has 0 radical (unpaired) electrons. The second-order valence-corrected chi connectivity index (χ2v) is 4.68. The van der Waals surface area contributed by atoms with Crippen LogP contribution >= 0.6 is 0 Å². The molecule has 96 valence electrons. The molecule has 0 amide bonds. The van der Waals surface area contributed by atoms with Crippen LogP contribution in [0.15, 0.2) is 48.7 Å². The highest BCUT2D eigenvalue weighted by Crippen LogP contribution is 2.23. The number of nitrogens with one attached hydrogen (secondary N) is 1. The highest BCUT2D eigenvalue weighted by Gasteiger charge is 2.10. The lowest BCUT2D eigenvalue weighted by molar-refractivity contribution is 1.07. The van der Waals surface area contributed by atoms with E-state index in [0.29, 0.717) is 0 Å². The molecule has 0 bridgehead atoms. The predicted molar refractivity (Wildman–Crippen MR) is 79.0 cm³/mol. The number of hydrogen-bond donors (Lipinski definition) is 1. The SMILES string of the molecule is CCc1nc2ccccn2c1Nc1ccc(C)cc1. The Morgan fingerprint density at radius 2 is 1.89 bits per heavy atom. The van der Waals surface area contributed by atoms with Crippen LogP contribution in [0.25, 0.3) is 5.65 Å². The number of hydrogen-bond acceptors (Lipinski definition) is 2. The number of aromatic nitrogens is 2. The maximum Gasteiger partial charge on any atom is 0.138 e. The molecule has 0 aliphatic heterocycles. The Morgan fingerprint density at radius 1 is 1.11 bits per heavy atom. The number of imidazole rings is 1. The van der Waals surface area contributed by atoms with Gasteiger partial charge in [-0.15, -0.1) is 0 Å². The molecule has 3 heteroatoms. The van der Waals surface area contributed by atoms with Crippen LogP contribution in [-0.4, -0.2) is 9.38 Å². The van der Waals surface area contributed by atoms with Gasteiger partial charge in [0.05, 0.1) is 5.69 Å². The van der Waals surface area contributed by atoms with Crippen LogP contribution in [0.4, 0.5) is 11.5 Å². The number of pyridine rings is 1. The van der Waals surface area contributed by atoms with E-state index in [1.54, 1.807) is 0 Å². The van der Waals surface area contributed by atoms with Crippen molar-refractivity contribution in [3.8, 4) is 0 Å². The fraction of sp³-hybridized carbons (Fsp3) is 0.188. The fourth-order valence-electron chi connectivity index (χ4n) is 2.20. The highest BCUT2D eigenvalue weighted by atomic mass is 15.1. The van der Waals surface area contributed by atoms with Crippen LogP contribution in [0.3, 0.4) is 0 Å². The summed E-state index contributed by atoms with van der Waals surface area (Å²) in [7, 11) is 0. The third kappa shape index (κ3) is 2.19. The van der Waals surface area contributed by atoms with Crippen molar-refractivity contribution in [1.82, 2.24) is 9.38 Å². The van der Waals surface area contributed by atoms with Gasteiger partial charge in [0.1, 0.15) is 11.5 Å². The van der Waals surface area contributed by atoms with E-state index in [4.69, 9.17) is 0 Å². The molecule has 0 fully saturated rings. The Bertz CT molecular complexity index is 696. The number of nitrogens with zero attached hydrogens (tertiary/aromatic N) is 2. The zero-order chi connectivity index (χ0) is 13.2. The smallest absolute Gasteiger partial charge is 0.138 e. The summed E-state index contributed by atoms with van der Waals surface area (Å²) in [5.41, 5.74) is 4.42. The lowest BCUT2D eigenvalue weighted by Gasteiger charge is -2.08. The van der Waals surface area contributed by atoms with Crippen LogP contribution in [0.2, 0.25) is 0 Å². The third-order valence-corrected chi connectivity index (χ3v) is 3.25. The number of rotatable bonds is 3. The van der Waals surface area contributed by atoms with Crippen molar-refractivity contribution in [3.63, 3.8) is 0 Å². The standard InChI is InChI=1S/C16H17N3/c1-3-14-16(17-13-9-7-12(2)8-10-13)19-11-5-4-6-15(19)18-14/h4-11,17H,3H2,1-2H3. The van der Waals surface area contributed by atoms with E-state index in [1.807, 2.05) is 24.4 Å². The number of aryl methyl sites for hydroxylation is 2. The maximum atomic E-state index is 4.65. The Hall–Kier alpha value is -2.29. The van der Waals surface area contributed by atoms with Gasteiger partial charge in [-0.1, -0.05) is 30.7 Å². The molecule has 3 aromatic rings. The summed E-state index contributed by atoms with van der Waals surface area (Å²) >= 11 is 0. The molecule has 0 saturated carbocycles. The van der Waals surface area contributed by atoms with E-state index in [9.17, 15) is 0 Å². The molecule has 0 aliphatic carbocycles. The zero-order valence-corrected chi connectivity index (χ0v) is 11.2. The Morgan fingerprint density at radius 3 is 2.63 bits per heavy atom. The zero-order valence-electron chi connectivity index (χ0n) is 11.2. The van der Waals surface area contributed by atoms with Crippen molar-refractivity contribution in [1.29, 1.82) is 0 Å². The van der Waals surface area contributed by atoms with E-state index in [1.165, 1.54) is 5.56 Å². The van der Waals surface area contributed by atoms with Gasteiger partial charge in [0.2, 0.25) is 0 Å². The minimum absolute atomic E-state index is 0.913. The Labute approximate surface area is 112 Å². The molecule has 3 rings (SSSR count). The second-order valence-electron chi connectivity index (χ2n) is 4.68. The minimum atomic E-state index is 0.913. The molecule has 1 N–H and O–H groups in total. The van der Waals surface area contributed by atoms with Crippen molar-refractivity contribution in [2.24, 2.45) is 0 Å². The molecule has 0 saturated heterocycles. The molecule has 19 heavy (non-hydrogen) atoms. The first-order valence-electron chi connectivity index (χ1n) is 6.57. The topological polar surface area (TPSA) is 29.3 Å². The number of fused-ring (bicyclic) bond motifs is 1. The third-order valence-electron chi connectivity index (χ3n) is 3.25. The summed E-state index contributed by atoms with van der Waals surface area (Å²) in [6, 6.07) is 14.5. The second kappa shape index (κ2) is 4.76. The van der Waals surface area contributed by atoms with Gasteiger partial charge >= 0.3 is 0 Å². The summed E-state index contributed by atoms with van der Waals surface area (Å²) in [5, 5.41) is 3.47. The molecule has 2 aromatic heterocycles. The van der Waals surface area contributed by atoms with Gasteiger partial charge in [-0.25, -0.2) is 4.98 Å². The molecule has 0 unspecified atom stereocenters. The van der Waals surface area contributed by atoms with Gasteiger partial charge in [-0.2, -0.15) is 0 Å². The van der Waals surface area contributed by atoms with Crippen LogP contribution in [0, 0.1) is 6.92 Å². The van der Waals surface area contributed by atoms with Gasteiger partial charge in [0.15, 0.2) is 0 Å². The molecular weight excluding hydrogens is 234 g/mol. The lowest BCUT2D eigenvalue weighted by atomic mass is 10.2. The van der Waals surface area contributed by atoms with Crippen LogP contribution in [-0.2, 0) is 6.42 Å². The van der Waals surface area contributed by atoms with Crippen molar-refractivity contribution >= 4 is 17.2 Å². The molecule has 0 spiro atoms. The first-order chi connectivity index (χ1) is 9.28. The van der Waals surface area contributed by atoms with Gasteiger partial charge in [0.25, 0.3) is 0 Å². The minimum Gasteiger partial charge on any atom is -0.340 e. The van der Waals surface area contributed by atoms with Crippen molar-refractivity contribution in [2.75, 3.05) is 5.32 Å². The quantitative estimate of drug-likeness (QED) is 0.763. The summed E-state index contributed by atoms with van der Waals surface area (Å²) in [6.45, 7) is 4.22. The maximum absolute atomic E-state index is 4.65. The largest absolute Gasteiger partial charge is 0.340 e. The van der Waals surface area contributed by atoms with Crippen LogP contribution in [0.1, 0.15) is 18.2 Å². The number of anilines is 2. The summed E-state index contributed by atoms with van der Waals surface area (Å²) < 4.78 is 2.10. The van der Waals surface area contributed by atoms with Crippen molar-refractivity contribution < 1.29 is 0 Å². The van der Waals surface area contributed by atoms with E-state index in [-0.39, 0.29) is 0 Å². The number of benzene rings is 1. The lowest BCUT2D eigenvalue weighted by Crippen LogP contribution is -1.97. The van der Waals surface area contributed by atoms with Crippen LogP contribution in [0.5, 0.6) is 0 Å². The first-order valence-corrected chi connectivity index (χ1v) is 6.57. The van der Waals surface area contributed by atoms with Gasteiger partial charge in [-0.05, 0) is 37.6 Å². The van der Waals surface area contributed by atoms with E-state index in [2.05, 4.69) is 52.8 Å². The molecular formula is C16H17N3. The van der Waals surface area contributed by atoms with Crippen LogP contribution < -0.4 is 5.32 Å². The normalized spacial score (nSPS) is 10.8. The predicted octanol–water partition coefficient (Wildman–Crippen LogP) is 3.95.